The van der Waals surface area contributed by atoms with E-state index < -0.39 is 34.9 Å². The third-order valence-corrected chi connectivity index (χ3v) is 8.68. The Balaban J connectivity index is 1.40. The number of piperidine rings is 1. The van der Waals surface area contributed by atoms with Crippen molar-refractivity contribution in [2.45, 2.75) is 36.7 Å². The Kier molecular flexibility index (Phi) is 9.60. The number of hydrogen-bond donors (Lipinski definition) is 3. The Hall–Kier alpha value is -2.57. The molecule has 12 heteroatoms. The summed E-state index contributed by atoms with van der Waals surface area (Å²) in [4.78, 5) is 18.9. The number of methoxy groups -OCH3 is 1. The summed E-state index contributed by atoms with van der Waals surface area (Å²) in [7, 11) is 1.54. The van der Waals surface area contributed by atoms with Gasteiger partial charge in [0.25, 0.3) is 0 Å². The lowest BCUT2D eigenvalue weighted by Crippen LogP contribution is -2.48. The van der Waals surface area contributed by atoms with Crippen molar-refractivity contribution < 1.29 is 33.0 Å². The van der Waals surface area contributed by atoms with Gasteiger partial charge < -0.3 is 14.7 Å². The third-order valence-electron chi connectivity index (χ3n) is 7.31. The Morgan fingerprint density at radius 3 is 2.56 bits per heavy atom. The summed E-state index contributed by atoms with van der Waals surface area (Å²) in [5.41, 5.74) is 2.00. The van der Waals surface area contributed by atoms with Gasteiger partial charge in [-0.05, 0) is 57.0 Å². The number of carbonyl (C=O) groups is 1. The second-order valence-corrected chi connectivity index (χ2v) is 11.1. The molecule has 1 atom stereocenters. The fourth-order valence-corrected chi connectivity index (χ4v) is 6.27. The number of likely N-dealkylation sites (tertiary alicyclic amines) is 1. The number of aromatic nitrogens is 1. The van der Waals surface area contributed by atoms with Crippen LogP contribution in [0.1, 0.15) is 37.4 Å². The number of pyridine rings is 1. The monoisotopic (exact) mass is 583 g/mol. The zero-order chi connectivity index (χ0) is 28.2. The largest absolute Gasteiger partial charge is 0.497 e. The first-order valence-corrected chi connectivity index (χ1v) is 13.8. The molecule has 0 unspecified atom stereocenters. The van der Waals surface area contributed by atoms with E-state index in [1.165, 1.54) is 13.3 Å². The predicted molar refractivity (Wildman–Crippen MR) is 143 cm³/mol. The van der Waals surface area contributed by atoms with Crippen LogP contribution < -0.4 is 10.2 Å². The molecule has 2 heterocycles. The highest BCUT2D eigenvalue weighted by Gasteiger charge is 2.41. The fraction of sp³-hybridized carbons (Fsp3) is 0.407. The minimum Gasteiger partial charge on any atom is -0.497 e. The molecular formula is C27H29ClF3N3O4S. The van der Waals surface area contributed by atoms with Crippen LogP contribution in [0, 0.1) is 22.9 Å². The van der Waals surface area contributed by atoms with Crippen LogP contribution in [0.4, 0.5) is 13.2 Å². The van der Waals surface area contributed by atoms with E-state index in [1.807, 2.05) is 0 Å². The minimum atomic E-state index is -0.992. The van der Waals surface area contributed by atoms with Crippen molar-refractivity contribution in [1.29, 1.82) is 0 Å². The number of nitrogens with one attached hydrogen (secondary N) is 1. The van der Waals surface area contributed by atoms with Crippen LogP contribution in [-0.4, -0.2) is 58.6 Å². The van der Waals surface area contributed by atoms with Gasteiger partial charge in [-0.1, -0.05) is 11.6 Å². The molecule has 7 nitrogen and oxygen atoms in total. The quantitative estimate of drug-likeness (QED) is 0.165. The predicted octanol–water partition coefficient (Wildman–Crippen LogP) is 5.51. The fourth-order valence-electron chi connectivity index (χ4n) is 5.05. The molecule has 0 radical (unpaired) electrons. The lowest BCUT2D eigenvalue weighted by atomic mass is 9.73. The van der Waals surface area contributed by atoms with E-state index in [9.17, 15) is 28.3 Å². The van der Waals surface area contributed by atoms with Crippen LogP contribution in [0.25, 0.3) is 10.9 Å². The normalized spacial score (nSPS) is 16.3. The van der Waals surface area contributed by atoms with E-state index in [0.29, 0.717) is 84.0 Å². The summed E-state index contributed by atoms with van der Waals surface area (Å²) >= 11 is 7.39. The van der Waals surface area contributed by atoms with Gasteiger partial charge in [-0.25, -0.2) is 18.7 Å². The number of halogens is 4. The molecule has 2 aromatic carbocycles. The molecule has 0 aliphatic carbocycles. The summed E-state index contributed by atoms with van der Waals surface area (Å²) in [5, 5.41) is 21.6. The van der Waals surface area contributed by atoms with E-state index >= 15 is 0 Å². The molecule has 1 aliphatic rings. The topological polar surface area (TPSA) is 94.9 Å². The number of nitrogens with zero attached hydrogens (tertiary/aromatic N) is 2. The molecule has 1 amide bonds. The van der Waals surface area contributed by atoms with Gasteiger partial charge in [0.15, 0.2) is 0 Å². The van der Waals surface area contributed by atoms with Crippen LogP contribution >= 0.6 is 23.4 Å². The molecule has 0 saturated carbocycles. The molecule has 1 saturated heterocycles. The van der Waals surface area contributed by atoms with Crippen LogP contribution in [-0.2, 0) is 4.79 Å². The first-order chi connectivity index (χ1) is 18.7. The minimum absolute atomic E-state index is 0.211. The number of benzene rings is 2. The van der Waals surface area contributed by atoms with Crippen LogP contribution in [0.15, 0.2) is 41.4 Å². The van der Waals surface area contributed by atoms with Gasteiger partial charge >= 0.3 is 0 Å². The zero-order valence-corrected chi connectivity index (χ0v) is 22.8. The summed E-state index contributed by atoms with van der Waals surface area (Å²) in [5.74, 6) is -2.40. The molecule has 0 bridgehead atoms. The standard InChI is InChI=1S/C27H29ClF3N3O4S/c1-38-17-2-3-22-18(14-17)24(19(28)15-32-22)23(35)4-5-27(26(36)33-37)6-8-34(9-7-27)10-11-39-25-20(30)12-16(29)13-21(25)31/h2-3,12-15,23,35,37H,4-11H2,1H3,(H,33,36)/t23-/m1/s1. The van der Waals surface area contributed by atoms with Crippen LogP contribution in [0.5, 0.6) is 5.75 Å². The lowest BCUT2D eigenvalue weighted by molar-refractivity contribution is -0.143. The molecule has 4 rings (SSSR count). The molecule has 1 fully saturated rings. The van der Waals surface area contributed by atoms with Gasteiger partial charge in [-0.3, -0.25) is 15.0 Å². The summed E-state index contributed by atoms with van der Waals surface area (Å²) in [6.07, 6.45) is 1.81. The van der Waals surface area contributed by atoms with E-state index in [4.69, 9.17) is 16.3 Å². The Bertz CT molecular complexity index is 1320. The van der Waals surface area contributed by atoms with Crippen molar-refractivity contribution in [2.24, 2.45) is 5.41 Å². The molecule has 0 spiro atoms. The van der Waals surface area contributed by atoms with Crippen molar-refractivity contribution in [3.63, 3.8) is 0 Å². The number of carbonyl (C=O) groups excluding carboxylic acids is 1. The maximum atomic E-state index is 13.9. The summed E-state index contributed by atoms with van der Waals surface area (Å²) in [6.45, 7) is 1.52. The number of fused-ring (bicyclic) bond motifs is 1. The van der Waals surface area contributed by atoms with Gasteiger partial charge in [-0.2, -0.15) is 0 Å². The smallest absolute Gasteiger partial charge is 0.249 e. The summed E-state index contributed by atoms with van der Waals surface area (Å²) < 4.78 is 46.3. The van der Waals surface area contributed by atoms with E-state index in [-0.39, 0.29) is 11.3 Å². The van der Waals surface area contributed by atoms with Crippen molar-refractivity contribution in [3.05, 3.63) is 64.6 Å². The van der Waals surface area contributed by atoms with Crippen molar-refractivity contribution in [3.8, 4) is 5.75 Å². The van der Waals surface area contributed by atoms with Gasteiger partial charge in [0, 0.05) is 41.6 Å². The number of aliphatic hydroxyl groups excluding tert-OH is 1. The van der Waals surface area contributed by atoms with Gasteiger partial charge in [0.2, 0.25) is 5.91 Å². The van der Waals surface area contributed by atoms with E-state index in [0.717, 1.165) is 11.8 Å². The number of rotatable bonds is 10. The second kappa shape index (κ2) is 12.7. The number of hydroxylamine groups is 1. The van der Waals surface area contributed by atoms with Crippen molar-refractivity contribution >= 4 is 40.2 Å². The first kappa shape index (κ1) is 29.4. The zero-order valence-electron chi connectivity index (χ0n) is 21.2. The Morgan fingerprint density at radius 1 is 1.23 bits per heavy atom. The number of ether oxygens (including phenoxy) is 1. The molecule has 3 N–H and O–H groups in total. The third kappa shape index (κ3) is 6.60. The molecule has 210 valence electrons. The van der Waals surface area contributed by atoms with Crippen LogP contribution in [0.3, 0.4) is 0 Å². The molecule has 39 heavy (non-hydrogen) atoms. The van der Waals surface area contributed by atoms with E-state index in [2.05, 4.69) is 9.88 Å². The van der Waals surface area contributed by atoms with Crippen molar-refractivity contribution in [1.82, 2.24) is 15.4 Å². The highest BCUT2D eigenvalue weighted by Crippen LogP contribution is 2.41. The maximum Gasteiger partial charge on any atom is 0.249 e. The summed E-state index contributed by atoms with van der Waals surface area (Å²) in [6, 6.07) is 6.60. The van der Waals surface area contributed by atoms with E-state index in [1.54, 1.807) is 23.7 Å². The van der Waals surface area contributed by atoms with Gasteiger partial charge in [-0.15, -0.1) is 11.8 Å². The number of thioether (sulfide) groups is 1. The number of aliphatic hydroxyl groups is 1. The second-order valence-electron chi connectivity index (χ2n) is 9.57. The molecule has 1 aliphatic heterocycles. The van der Waals surface area contributed by atoms with Gasteiger partial charge in [0.1, 0.15) is 23.2 Å². The number of hydrogen-bond acceptors (Lipinski definition) is 7. The molecular weight excluding hydrogens is 555 g/mol. The Labute approximate surface area is 233 Å². The van der Waals surface area contributed by atoms with Crippen LogP contribution in [0.2, 0.25) is 5.02 Å². The lowest BCUT2D eigenvalue weighted by Gasteiger charge is -2.40. The first-order valence-electron chi connectivity index (χ1n) is 12.4. The maximum absolute atomic E-state index is 13.9. The SMILES string of the molecule is COc1ccc2ncc(Cl)c([C@H](O)CCC3(C(=O)NO)CCN(CCSc4c(F)cc(F)cc4F)CC3)c2c1. The Morgan fingerprint density at radius 2 is 1.92 bits per heavy atom. The molecule has 1 aromatic heterocycles. The highest BCUT2D eigenvalue weighted by molar-refractivity contribution is 7.99. The molecule has 3 aromatic rings. The average Bonchev–Trinajstić information content (AvgIpc) is 2.93. The van der Waals surface area contributed by atoms with Gasteiger partial charge in [0.05, 0.1) is 34.1 Å². The highest BCUT2D eigenvalue weighted by atomic mass is 35.5. The average molecular weight is 584 g/mol. The van der Waals surface area contributed by atoms with Crippen molar-refractivity contribution in [2.75, 3.05) is 32.5 Å². The number of amides is 1.